The molecule has 0 aliphatic rings. The summed E-state index contributed by atoms with van der Waals surface area (Å²) < 4.78 is 6.42. The highest BCUT2D eigenvalue weighted by atomic mass is 28.4. The Morgan fingerprint density at radius 1 is 1.17 bits per heavy atom. The predicted molar refractivity (Wildman–Crippen MR) is 81.7 cm³/mol. The monoisotopic (exact) mass is 265 g/mol. The largest absolute Gasteiger partial charge is 0.543 e. The van der Waals surface area contributed by atoms with Gasteiger partial charge in [-0.2, -0.15) is 0 Å². The van der Waals surface area contributed by atoms with Crippen LogP contribution < -0.4 is 9.74 Å². The molecule has 1 unspecified atom stereocenters. The zero-order valence-corrected chi connectivity index (χ0v) is 13.8. The first-order valence-corrected chi connectivity index (χ1v) is 9.55. The normalized spacial score (nSPS) is 14.4. The van der Waals surface area contributed by atoms with Crippen LogP contribution in [0.25, 0.3) is 0 Å². The van der Waals surface area contributed by atoms with Crippen molar-refractivity contribution in [2.45, 2.75) is 51.9 Å². The van der Waals surface area contributed by atoms with Gasteiger partial charge >= 0.3 is 0 Å². The van der Waals surface area contributed by atoms with E-state index in [2.05, 4.69) is 64.3 Å². The molecule has 2 nitrogen and oxygen atoms in total. The first-order chi connectivity index (χ1) is 8.19. The van der Waals surface area contributed by atoms with Crippen molar-refractivity contribution in [3.05, 3.63) is 29.8 Å². The average Bonchev–Trinajstić information content (AvgIpc) is 2.26. The second-order valence-corrected chi connectivity index (χ2v) is 11.1. The Kier molecular flexibility index (Phi) is 4.62. The van der Waals surface area contributed by atoms with Crippen molar-refractivity contribution in [2.75, 3.05) is 7.05 Å². The van der Waals surface area contributed by atoms with E-state index >= 15 is 0 Å². The van der Waals surface area contributed by atoms with Crippen LogP contribution in [0.5, 0.6) is 5.75 Å². The van der Waals surface area contributed by atoms with Gasteiger partial charge in [-0.25, -0.2) is 0 Å². The molecule has 3 heteroatoms. The topological polar surface area (TPSA) is 21.3 Å². The van der Waals surface area contributed by atoms with E-state index in [4.69, 9.17) is 4.43 Å². The van der Waals surface area contributed by atoms with E-state index in [9.17, 15) is 0 Å². The Morgan fingerprint density at radius 2 is 1.72 bits per heavy atom. The molecule has 0 bridgehead atoms. The molecule has 0 heterocycles. The molecule has 1 aromatic carbocycles. The van der Waals surface area contributed by atoms with E-state index in [0.29, 0.717) is 6.04 Å². The molecule has 1 rings (SSSR count). The quantitative estimate of drug-likeness (QED) is 0.817. The summed E-state index contributed by atoms with van der Waals surface area (Å²) in [6.07, 6.45) is 0. The fourth-order valence-electron chi connectivity index (χ4n) is 1.51. The van der Waals surface area contributed by atoms with Crippen LogP contribution in [0.3, 0.4) is 0 Å². The van der Waals surface area contributed by atoms with Gasteiger partial charge in [0.1, 0.15) is 5.75 Å². The number of hydrogen-bond acceptors (Lipinski definition) is 2. The van der Waals surface area contributed by atoms with Crippen molar-refractivity contribution in [3.63, 3.8) is 0 Å². The molecule has 1 atom stereocenters. The number of nitrogens with one attached hydrogen (secondary N) is 1. The van der Waals surface area contributed by atoms with Crippen molar-refractivity contribution in [3.8, 4) is 5.75 Å². The summed E-state index contributed by atoms with van der Waals surface area (Å²) in [5.74, 6) is 1.03. The molecule has 0 radical (unpaired) electrons. The molecule has 1 aromatic rings. The number of hydrogen-bond donors (Lipinski definition) is 1. The standard InChI is InChI=1S/C15H27NOSi/c1-12(16-5)13-10-8-9-11-14(13)17-18(6,7)15(2,3)4/h8-12,16H,1-7H3. The van der Waals surface area contributed by atoms with Crippen LogP contribution in [0, 0.1) is 0 Å². The van der Waals surface area contributed by atoms with Gasteiger partial charge in [-0.15, -0.1) is 0 Å². The van der Waals surface area contributed by atoms with Crippen LogP contribution >= 0.6 is 0 Å². The molecule has 0 aliphatic heterocycles. The molecule has 1 N–H and O–H groups in total. The van der Waals surface area contributed by atoms with Crippen molar-refractivity contribution in [2.24, 2.45) is 0 Å². The first kappa shape index (κ1) is 15.3. The second kappa shape index (κ2) is 5.45. The van der Waals surface area contributed by atoms with Gasteiger partial charge in [0.15, 0.2) is 0 Å². The van der Waals surface area contributed by atoms with Crippen LogP contribution in [0.4, 0.5) is 0 Å². The van der Waals surface area contributed by atoms with Crippen LogP contribution in [-0.4, -0.2) is 15.4 Å². The third kappa shape index (κ3) is 3.36. The molecular formula is C15H27NOSi. The smallest absolute Gasteiger partial charge is 0.250 e. The van der Waals surface area contributed by atoms with E-state index < -0.39 is 8.32 Å². The molecule has 0 saturated carbocycles. The van der Waals surface area contributed by atoms with Gasteiger partial charge in [0, 0.05) is 11.6 Å². The lowest BCUT2D eigenvalue weighted by Crippen LogP contribution is -2.44. The second-order valence-electron chi connectivity index (χ2n) is 6.41. The van der Waals surface area contributed by atoms with E-state index in [-0.39, 0.29) is 5.04 Å². The molecule has 18 heavy (non-hydrogen) atoms. The summed E-state index contributed by atoms with van der Waals surface area (Å²) in [4.78, 5) is 0. The highest BCUT2D eigenvalue weighted by Gasteiger charge is 2.39. The van der Waals surface area contributed by atoms with E-state index in [1.165, 1.54) is 5.56 Å². The molecule has 102 valence electrons. The summed E-state index contributed by atoms with van der Waals surface area (Å²) in [7, 11) is 0.216. The SMILES string of the molecule is CNC(C)c1ccccc1O[Si](C)(C)C(C)(C)C. The summed E-state index contributed by atoms with van der Waals surface area (Å²) >= 11 is 0. The third-order valence-electron chi connectivity index (χ3n) is 3.99. The summed E-state index contributed by atoms with van der Waals surface area (Å²) in [5.41, 5.74) is 1.24. The minimum Gasteiger partial charge on any atom is -0.543 e. The first-order valence-electron chi connectivity index (χ1n) is 6.64. The van der Waals surface area contributed by atoms with Gasteiger partial charge in [-0.05, 0) is 38.2 Å². The van der Waals surface area contributed by atoms with Gasteiger partial charge in [0.2, 0.25) is 8.32 Å². The Bertz CT molecular complexity index is 396. The van der Waals surface area contributed by atoms with Gasteiger partial charge in [0.05, 0.1) is 0 Å². The summed E-state index contributed by atoms with van der Waals surface area (Å²) in [6, 6.07) is 8.66. The van der Waals surface area contributed by atoms with Crippen LogP contribution in [0.15, 0.2) is 24.3 Å². The molecule has 0 saturated heterocycles. The average molecular weight is 265 g/mol. The molecule has 0 amide bonds. The Balaban J connectivity index is 3.05. The van der Waals surface area contributed by atoms with E-state index in [1.54, 1.807) is 0 Å². The molecular weight excluding hydrogens is 238 g/mol. The molecule has 0 aromatic heterocycles. The van der Waals surface area contributed by atoms with Gasteiger partial charge < -0.3 is 9.74 Å². The minimum atomic E-state index is -1.76. The zero-order valence-electron chi connectivity index (χ0n) is 12.8. The minimum absolute atomic E-state index is 0.225. The van der Waals surface area contributed by atoms with Crippen LogP contribution in [0.1, 0.15) is 39.3 Å². The Morgan fingerprint density at radius 3 is 2.22 bits per heavy atom. The lowest BCUT2D eigenvalue weighted by Gasteiger charge is -2.37. The number of para-hydroxylation sites is 1. The summed E-state index contributed by atoms with van der Waals surface area (Å²) in [6.45, 7) is 13.5. The summed E-state index contributed by atoms with van der Waals surface area (Å²) in [5, 5.41) is 3.51. The maximum Gasteiger partial charge on any atom is 0.250 e. The molecule has 0 spiro atoms. The van der Waals surface area contributed by atoms with Gasteiger partial charge in [-0.1, -0.05) is 39.0 Å². The van der Waals surface area contributed by atoms with Crippen LogP contribution in [0.2, 0.25) is 18.1 Å². The van der Waals surface area contributed by atoms with Crippen molar-refractivity contribution in [1.82, 2.24) is 5.32 Å². The maximum absolute atomic E-state index is 6.42. The molecule has 0 aliphatic carbocycles. The predicted octanol–water partition coefficient (Wildman–Crippen LogP) is 4.35. The Labute approximate surface area is 113 Å². The lowest BCUT2D eigenvalue weighted by molar-refractivity contribution is 0.478. The van der Waals surface area contributed by atoms with Crippen molar-refractivity contribution >= 4 is 8.32 Å². The van der Waals surface area contributed by atoms with E-state index in [1.807, 2.05) is 13.1 Å². The number of rotatable bonds is 4. The third-order valence-corrected chi connectivity index (χ3v) is 8.33. The van der Waals surface area contributed by atoms with Gasteiger partial charge in [-0.3, -0.25) is 0 Å². The fraction of sp³-hybridized carbons (Fsp3) is 0.600. The fourth-order valence-corrected chi connectivity index (χ4v) is 2.56. The highest BCUT2D eigenvalue weighted by molar-refractivity contribution is 6.74. The highest BCUT2D eigenvalue weighted by Crippen LogP contribution is 2.38. The van der Waals surface area contributed by atoms with Crippen molar-refractivity contribution in [1.29, 1.82) is 0 Å². The Hall–Kier alpha value is -0.803. The lowest BCUT2D eigenvalue weighted by atomic mass is 10.1. The maximum atomic E-state index is 6.42. The van der Waals surface area contributed by atoms with Gasteiger partial charge in [0.25, 0.3) is 0 Å². The number of benzene rings is 1. The van der Waals surface area contributed by atoms with Crippen molar-refractivity contribution < 1.29 is 4.43 Å². The molecule has 0 fully saturated rings. The van der Waals surface area contributed by atoms with E-state index in [0.717, 1.165) is 5.75 Å². The zero-order chi connectivity index (χ0) is 14.0. The van der Waals surface area contributed by atoms with Crippen LogP contribution in [-0.2, 0) is 0 Å².